The molecule has 2 heterocycles. The van der Waals surface area contributed by atoms with Gasteiger partial charge in [-0.05, 0) is 25.0 Å². The number of nitrogens with zero attached hydrogens (tertiary/aromatic N) is 2. The van der Waals surface area contributed by atoms with Crippen LogP contribution in [0.1, 0.15) is 43.6 Å². The van der Waals surface area contributed by atoms with E-state index in [0.29, 0.717) is 24.5 Å². The van der Waals surface area contributed by atoms with Gasteiger partial charge in [0, 0.05) is 35.5 Å². The highest BCUT2D eigenvalue weighted by atomic mass is 32.1. The molecule has 2 amide bonds. The number of nitrogens with one attached hydrogen (secondary N) is 1. The van der Waals surface area contributed by atoms with Gasteiger partial charge in [-0.25, -0.2) is 4.79 Å². The third-order valence-corrected chi connectivity index (χ3v) is 6.00. The summed E-state index contributed by atoms with van der Waals surface area (Å²) in [6.45, 7) is 3.80. The van der Waals surface area contributed by atoms with Gasteiger partial charge in [-0.3, -0.25) is 19.7 Å². The first kappa shape index (κ1) is 20.5. The Labute approximate surface area is 170 Å². The van der Waals surface area contributed by atoms with Gasteiger partial charge in [0.15, 0.2) is 0 Å². The molecule has 1 aromatic carbocycles. The van der Waals surface area contributed by atoms with Crippen LogP contribution in [0.15, 0.2) is 18.2 Å². The number of methoxy groups -OCH3 is 1. The maximum atomic E-state index is 12.8. The number of fused-ring (bicyclic) bond motifs is 1. The minimum atomic E-state index is -0.579. The van der Waals surface area contributed by atoms with Crippen LogP contribution in [0.2, 0.25) is 0 Å². The number of nitro groups is 1. The number of carbonyl (C=O) groups is 3. The molecule has 0 saturated carbocycles. The van der Waals surface area contributed by atoms with Crippen molar-refractivity contribution in [2.75, 3.05) is 19.0 Å². The lowest BCUT2D eigenvalue weighted by Crippen LogP contribution is -2.33. The van der Waals surface area contributed by atoms with Crippen molar-refractivity contribution < 1.29 is 24.0 Å². The highest BCUT2D eigenvalue weighted by Gasteiger charge is 2.30. The minimum Gasteiger partial charge on any atom is -0.465 e. The van der Waals surface area contributed by atoms with Crippen LogP contribution in [0.4, 0.5) is 10.7 Å². The van der Waals surface area contributed by atoms with Gasteiger partial charge in [0.05, 0.1) is 24.1 Å². The number of esters is 1. The van der Waals surface area contributed by atoms with Crippen LogP contribution < -0.4 is 5.32 Å². The molecule has 2 aromatic rings. The molecule has 0 radical (unpaired) electrons. The standard InChI is InChI=1S/C19H19N3O6S/c1-10-12(5-4-6-14(10)22(26)27)17(24)20-18-16(19(25)28-3)13-7-8-21(11(2)23)9-15(13)29-18/h4-6H,7-9H2,1-3H3,(H,20,24). The Hall–Kier alpha value is -3.27. The van der Waals surface area contributed by atoms with Crippen molar-refractivity contribution in [2.24, 2.45) is 0 Å². The average Bonchev–Trinajstić information content (AvgIpc) is 3.03. The lowest BCUT2D eigenvalue weighted by molar-refractivity contribution is -0.385. The van der Waals surface area contributed by atoms with Crippen LogP contribution in [0.5, 0.6) is 0 Å². The SMILES string of the molecule is COC(=O)c1c(NC(=O)c2cccc([N+](=O)[O-])c2C)sc2c1CCN(C(C)=O)C2. The zero-order valence-electron chi connectivity index (χ0n) is 16.1. The second-order valence-corrected chi connectivity index (χ2v) is 7.66. The Morgan fingerprint density at radius 2 is 2.03 bits per heavy atom. The number of hydrogen-bond donors (Lipinski definition) is 1. The normalized spacial score (nSPS) is 12.9. The van der Waals surface area contributed by atoms with Crippen LogP contribution >= 0.6 is 11.3 Å². The number of benzene rings is 1. The molecule has 152 valence electrons. The van der Waals surface area contributed by atoms with E-state index in [1.54, 1.807) is 4.90 Å². The number of rotatable bonds is 4. The number of carbonyl (C=O) groups excluding carboxylic acids is 3. The molecule has 3 rings (SSSR count). The van der Waals surface area contributed by atoms with Crippen LogP contribution in [0, 0.1) is 17.0 Å². The highest BCUT2D eigenvalue weighted by Crippen LogP contribution is 2.38. The minimum absolute atomic E-state index is 0.0681. The quantitative estimate of drug-likeness (QED) is 0.464. The van der Waals surface area contributed by atoms with Crippen molar-refractivity contribution >= 4 is 39.8 Å². The van der Waals surface area contributed by atoms with E-state index >= 15 is 0 Å². The second-order valence-electron chi connectivity index (χ2n) is 6.55. The molecule has 10 heteroatoms. The maximum absolute atomic E-state index is 12.8. The van der Waals surface area contributed by atoms with Crippen LogP contribution in [0.25, 0.3) is 0 Å². The summed E-state index contributed by atoms with van der Waals surface area (Å²) >= 11 is 1.21. The molecule has 1 aliphatic rings. The fraction of sp³-hybridized carbons (Fsp3) is 0.316. The molecule has 0 aliphatic carbocycles. The molecule has 1 aliphatic heterocycles. The van der Waals surface area contributed by atoms with Gasteiger partial charge in [0.2, 0.25) is 5.91 Å². The Morgan fingerprint density at radius 3 is 2.66 bits per heavy atom. The number of nitro benzene ring substituents is 1. The number of hydrogen-bond acceptors (Lipinski definition) is 7. The first-order chi connectivity index (χ1) is 13.7. The summed E-state index contributed by atoms with van der Waals surface area (Å²) in [4.78, 5) is 49.9. The molecule has 0 spiro atoms. The number of thiophene rings is 1. The van der Waals surface area contributed by atoms with Crippen LogP contribution in [-0.4, -0.2) is 41.3 Å². The van der Waals surface area contributed by atoms with Crippen LogP contribution in [-0.2, 0) is 22.5 Å². The number of anilines is 1. The Bertz CT molecular complexity index is 1030. The van der Waals surface area contributed by atoms with Gasteiger partial charge in [-0.2, -0.15) is 0 Å². The largest absolute Gasteiger partial charge is 0.465 e. The van der Waals surface area contributed by atoms with Gasteiger partial charge >= 0.3 is 5.97 Å². The van der Waals surface area contributed by atoms with Gasteiger partial charge in [0.25, 0.3) is 11.6 Å². The molecule has 9 nitrogen and oxygen atoms in total. The maximum Gasteiger partial charge on any atom is 0.341 e. The Kier molecular flexibility index (Phi) is 5.64. The average molecular weight is 417 g/mol. The topological polar surface area (TPSA) is 119 Å². The van der Waals surface area contributed by atoms with Gasteiger partial charge in [-0.15, -0.1) is 11.3 Å². The van der Waals surface area contributed by atoms with Crippen molar-refractivity contribution in [1.29, 1.82) is 0 Å². The van der Waals surface area contributed by atoms with Gasteiger partial charge < -0.3 is 15.0 Å². The van der Waals surface area contributed by atoms with Crippen LogP contribution in [0.3, 0.4) is 0 Å². The van der Waals surface area contributed by atoms with Gasteiger partial charge in [-0.1, -0.05) is 6.07 Å². The molecule has 0 unspecified atom stereocenters. The Morgan fingerprint density at radius 1 is 1.31 bits per heavy atom. The zero-order valence-corrected chi connectivity index (χ0v) is 16.9. The van der Waals surface area contributed by atoms with E-state index in [1.165, 1.54) is 50.5 Å². The lowest BCUT2D eigenvalue weighted by atomic mass is 10.0. The van der Waals surface area contributed by atoms with Crippen molar-refractivity contribution in [3.05, 3.63) is 55.4 Å². The van der Waals surface area contributed by atoms with Gasteiger partial charge in [0.1, 0.15) is 5.00 Å². The van der Waals surface area contributed by atoms with E-state index in [0.717, 1.165) is 10.4 Å². The van der Waals surface area contributed by atoms with Crippen molar-refractivity contribution in [3.8, 4) is 0 Å². The number of amides is 2. The predicted molar refractivity (Wildman–Crippen MR) is 106 cm³/mol. The third kappa shape index (κ3) is 3.83. The van der Waals surface area contributed by atoms with E-state index in [1.807, 2.05) is 0 Å². The molecule has 1 aromatic heterocycles. The monoisotopic (exact) mass is 417 g/mol. The molecule has 0 fully saturated rings. The Balaban J connectivity index is 1.98. The lowest BCUT2D eigenvalue weighted by Gasteiger charge is -2.25. The van der Waals surface area contributed by atoms with E-state index in [-0.39, 0.29) is 28.3 Å². The van der Waals surface area contributed by atoms with Crippen molar-refractivity contribution in [2.45, 2.75) is 26.8 Å². The highest BCUT2D eigenvalue weighted by molar-refractivity contribution is 7.17. The second kappa shape index (κ2) is 8.00. The van der Waals surface area contributed by atoms with E-state index in [4.69, 9.17) is 4.74 Å². The summed E-state index contributed by atoms with van der Waals surface area (Å²) in [6, 6.07) is 4.25. The molecule has 0 atom stereocenters. The summed E-state index contributed by atoms with van der Waals surface area (Å²) in [5, 5.41) is 14.1. The smallest absolute Gasteiger partial charge is 0.341 e. The van der Waals surface area contributed by atoms with Crippen molar-refractivity contribution in [1.82, 2.24) is 4.90 Å². The molecule has 1 N–H and O–H groups in total. The van der Waals surface area contributed by atoms with E-state index in [2.05, 4.69) is 5.32 Å². The third-order valence-electron chi connectivity index (χ3n) is 4.87. The first-order valence-corrected chi connectivity index (χ1v) is 9.60. The summed E-state index contributed by atoms with van der Waals surface area (Å²) < 4.78 is 4.88. The molecular formula is C19H19N3O6S. The predicted octanol–water partition coefficient (Wildman–Crippen LogP) is 2.91. The zero-order chi connectivity index (χ0) is 21.3. The number of ether oxygens (including phenoxy) is 1. The van der Waals surface area contributed by atoms with Crippen molar-refractivity contribution in [3.63, 3.8) is 0 Å². The summed E-state index contributed by atoms with van der Waals surface area (Å²) in [7, 11) is 1.26. The molecule has 0 bridgehead atoms. The summed E-state index contributed by atoms with van der Waals surface area (Å²) in [5.41, 5.74) is 1.25. The molecule has 0 saturated heterocycles. The summed E-state index contributed by atoms with van der Waals surface area (Å²) in [6.07, 6.45) is 0.474. The summed E-state index contributed by atoms with van der Waals surface area (Å²) in [5.74, 6) is -1.20. The van der Waals surface area contributed by atoms with E-state index < -0.39 is 16.8 Å². The fourth-order valence-corrected chi connectivity index (χ4v) is 4.56. The van der Waals surface area contributed by atoms with E-state index in [9.17, 15) is 24.5 Å². The fourth-order valence-electron chi connectivity index (χ4n) is 3.32. The first-order valence-electron chi connectivity index (χ1n) is 8.78. The molecule has 29 heavy (non-hydrogen) atoms. The molecular weight excluding hydrogens is 398 g/mol.